The van der Waals surface area contributed by atoms with E-state index >= 15 is 0 Å². The molecular weight excluding hydrogens is 174 g/mol. The molecule has 1 aliphatic heterocycles. The van der Waals surface area contributed by atoms with Crippen LogP contribution < -0.4 is 0 Å². The van der Waals surface area contributed by atoms with Gasteiger partial charge in [0.2, 0.25) is 0 Å². The van der Waals surface area contributed by atoms with Crippen LogP contribution in [0.2, 0.25) is 0 Å². The molecule has 2 nitrogen and oxygen atoms in total. The Morgan fingerprint density at radius 3 is 1.36 bits per heavy atom. The van der Waals surface area contributed by atoms with Crippen molar-refractivity contribution in [1.82, 2.24) is 0 Å². The summed E-state index contributed by atoms with van der Waals surface area (Å²) < 4.78 is 6.67. The molecule has 0 aromatic rings. The van der Waals surface area contributed by atoms with Crippen LogP contribution in [0.25, 0.3) is 0 Å². The Balaban J connectivity index is 3.01. The van der Waals surface area contributed by atoms with E-state index in [-0.39, 0.29) is 0 Å². The molecule has 1 fully saturated rings. The van der Waals surface area contributed by atoms with Gasteiger partial charge < -0.3 is 9.22 Å². The molecule has 0 bridgehead atoms. The molecule has 0 saturated carbocycles. The largest absolute Gasteiger partial charge is 0.370 e. The summed E-state index contributed by atoms with van der Waals surface area (Å²) in [5.41, 5.74) is 0.615. The number of nitrogens with zero attached hydrogens (tertiary/aromatic N) is 1. The van der Waals surface area contributed by atoms with Gasteiger partial charge in [-0.2, -0.15) is 0 Å². The molecule has 0 aliphatic carbocycles. The summed E-state index contributed by atoms with van der Waals surface area (Å²) in [7, 11) is 0. The second kappa shape index (κ2) is 3.49. The van der Waals surface area contributed by atoms with Crippen LogP contribution in [-0.2, 0) is 4.74 Å². The Kier molecular flexibility index (Phi) is 2.99. The summed E-state index contributed by atoms with van der Waals surface area (Å²) in [5, 5.41) is 0. The molecule has 1 saturated heterocycles. The van der Waals surface area contributed by atoms with Gasteiger partial charge in [-0.1, -0.05) is 0 Å². The maximum absolute atomic E-state index is 5.50. The van der Waals surface area contributed by atoms with Crippen LogP contribution in [0.3, 0.4) is 0 Å². The van der Waals surface area contributed by atoms with Crippen molar-refractivity contribution in [3.63, 3.8) is 0 Å². The fourth-order valence-corrected chi connectivity index (χ4v) is 3.00. The first kappa shape index (κ1) is 12.0. The quantitative estimate of drug-likeness (QED) is 0.546. The van der Waals surface area contributed by atoms with Crippen LogP contribution in [0.5, 0.6) is 0 Å². The minimum absolute atomic E-state index is 0.308. The van der Waals surface area contributed by atoms with Crippen LogP contribution in [0, 0.1) is 0 Å². The van der Waals surface area contributed by atoms with Gasteiger partial charge in [-0.05, 0) is 41.5 Å². The summed E-state index contributed by atoms with van der Waals surface area (Å²) in [4.78, 5) is 0. The Labute approximate surface area is 88.8 Å². The predicted molar refractivity (Wildman–Crippen MR) is 60.3 cm³/mol. The van der Waals surface area contributed by atoms with Gasteiger partial charge in [-0.25, -0.2) is 0 Å². The van der Waals surface area contributed by atoms with Crippen molar-refractivity contribution >= 4 is 0 Å². The number of rotatable bonds is 0. The molecule has 0 radical (unpaired) electrons. The van der Waals surface area contributed by atoms with E-state index < -0.39 is 0 Å². The van der Waals surface area contributed by atoms with Crippen molar-refractivity contribution in [2.24, 2.45) is 0 Å². The third-order valence-corrected chi connectivity index (χ3v) is 3.80. The molecule has 0 unspecified atom stereocenters. The molecule has 1 aliphatic rings. The summed E-state index contributed by atoms with van der Waals surface area (Å²) in [6.45, 7) is 18.2. The zero-order valence-electron chi connectivity index (χ0n) is 10.7. The van der Waals surface area contributed by atoms with Crippen molar-refractivity contribution in [2.45, 2.75) is 52.6 Å². The third-order valence-electron chi connectivity index (χ3n) is 3.80. The lowest BCUT2D eigenvalue weighted by atomic mass is 9.89. The fourth-order valence-electron chi connectivity index (χ4n) is 3.00. The van der Waals surface area contributed by atoms with Crippen molar-refractivity contribution < 1.29 is 9.22 Å². The number of ether oxygens (including phenoxy) is 1. The minimum atomic E-state index is 0.308. The van der Waals surface area contributed by atoms with E-state index in [9.17, 15) is 0 Å². The van der Waals surface area contributed by atoms with E-state index in [4.69, 9.17) is 4.74 Å². The van der Waals surface area contributed by atoms with E-state index in [0.717, 1.165) is 26.3 Å². The zero-order valence-corrected chi connectivity index (χ0v) is 10.7. The Hall–Kier alpha value is -0.0800. The van der Waals surface area contributed by atoms with Crippen LogP contribution in [-0.4, -0.2) is 41.9 Å². The predicted octanol–water partition coefficient (Wildman–Crippen LogP) is 2.43. The molecule has 0 atom stereocenters. The average Bonchev–Trinajstić information content (AvgIpc) is 2.02. The number of hydrogen-bond donors (Lipinski definition) is 0. The Bertz CT molecular complexity index is 175. The normalized spacial score (nSPS) is 23.6. The van der Waals surface area contributed by atoms with Crippen LogP contribution in [0.4, 0.5) is 0 Å². The van der Waals surface area contributed by atoms with Crippen molar-refractivity contribution in [3.8, 4) is 0 Å². The highest BCUT2D eigenvalue weighted by Gasteiger charge is 2.49. The highest BCUT2D eigenvalue weighted by Crippen LogP contribution is 2.36. The van der Waals surface area contributed by atoms with Crippen LogP contribution in [0.1, 0.15) is 41.5 Å². The molecular formula is C12H26NO+. The molecule has 0 aromatic carbocycles. The van der Waals surface area contributed by atoms with Gasteiger partial charge >= 0.3 is 0 Å². The SMILES string of the molecule is CC(C)(C)[N+]1(C(C)(C)C)CCOCC1. The van der Waals surface area contributed by atoms with Gasteiger partial charge in [0.15, 0.2) is 0 Å². The van der Waals surface area contributed by atoms with Crippen molar-refractivity contribution in [1.29, 1.82) is 0 Å². The van der Waals surface area contributed by atoms with E-state index in [2.05, 4.69) is 41.5 Å². The van der Waals surface area contributed by atoms with Crippen molar-refractivity contribution in [3.05, 3.63) is 0 Å². The first-order valence-electron chi connectivity index (χ1n) is 5.66. The topological polar surface area (TPSA) is 9.23 Å². The van der Waals surface area contributed by atoms with Gasteiger partial charge in [0, 0.05) is 0 Å². The van der Waals surface area contributed by atoms with Gasteiger partial charge in [-0.15, -0.1) is 0 Å². The number of morpholine rings is 1. The highest BCUT2D eigenvalue weighted by molar-refractivity contribution is 4.75. The maximum Gasteiger partial charge on any atom is 0.103 e. The second-order valence-corrected chi connectivity index (χ2v) is 6.37. The lowest BCUT2D eigenvalue weighted by Crippen LogP contribution is -2.72. The second-order valence-electron chi connectivity index (χ2n) is 6.37. The van der Waals surface area contributed by atoms with E-state index in [1.54, 1.807) is 0 Å². The molecule has 1 rings (SSSR count). The van der Waals surface area contributed by atoms with Crippen LogP contribution in [0.15, 0.2) is 0 Å². The summed E-state index contributed by atoms with van der Waals surface area (Å²) in [6, 6.07) is 0. The zero-order chi connectivity index (χ0) is 11.0. The van der Waals surface area contributed by atoms with Gasteiger partial charge in [-0.3, -0.25) is 0 Å². The lowest BCUT2D eigenvalue weighted by molar-refractivity contribution is -1.02. The molecule has 0 spiro atoms. The standard InChI is InChI=1S/C12H26NO/c1-11(2,3)13(12(4,5)6)7-9-14-10-8-13/h7-10H2,1-6H3/q+1. The first-order chi connectivity index (χ1) is 6.21. The highest BCUT2D eigenvalue weighted by atomic mass is 16.5. The molecule has 1 heterocycles. The monoisotopic (exact) mass is 200 g/mol. The number of hydrogen-bond acceptors (Lipinski definition) is 1. The molecule has 0 N–H and O–H groups in total. The summed E-state index contributed by atoms with van der Waals surface area (Å²) in [5.74, 6) is 0. The van der Waals surface area contributed by atoms with E-state index in [0.29, 0.717) is 11.1 Å². The Morgan fingerprint density at radius 2 is 1.14 bits per heavy atom. The van der Waals surface area contributed by atoms with Gasteiger partial charge in [0.25, 0.3) is 0 Å². The molecule has 0 amide bonds. The van der Waals surface area contributed by atoms with Crippen LogP contribution >= 0.6 is 0 Å². The maximum atomic E-state index is 5.50. The Morgan fingerprint density at radius 1 is 0.786 bits per heavy atom. The van der Waals surface area contributed by atoms with Crippen molar-refractivity contribution in [2.75, 3.05) is 26.3 Å². The third kappa shape index (κ3) is 1.82. The summed E-state index contributed by atoms with van der Waals surface area (Å²) >= 11 is 0. The fraction of sp³-hybridized carbons (Fsp3) is 1.00. The first-order valence-corrected chi connectivity index (χ1v) is 5.66. The lowest BCUT2D eigenvalue weighted by Gasteiger charge is -2.58. The molecule has 14 heavy (non-hydrogen) atoms. The van der Waals surface area contributed by atoms with E-state index in [1.807, 2.05) is 0 Å². The smallest absolute Gasteiger partial charge is 0.103 e. The molecule has 0 aromatic heterocycles. The molecule has 84 valence electrons. The van der Waals surface area contributed by atoms with E-state index in [1.165, 1.54) is 4.48 Å². The molecule has 2 heteroatoms. The minimum Gasteiger partial charge on any atom is -0.370 e. The average molecular weight is 200 g/mol. The van der Waals surface area contributed by atoms with Gasteiger partial charge in [0.05, 0.1) is 24.3 Å². The van der Waals surface area contributed by atoms with Gasteiger partial charge in [0.1, 0.15) is 13.1 Å². The summed E-state index contributed by atoms with van der Waals surface area (Å²) in [6.07, 6.45) is 0. The number of quaternary nitrogens is 1.